The molecule has 2 aromatic rings. The maximum Gasteiger partial charge on any atom is 0.215 e. The third-order valence-corrected chi connectivity index (χ3v) is 3.51. The highest BCUT2D eigenvalue weighted by Crippen LogP contribution is 2.27. The SMILES string of the molecule is Cc1cc(F)cc(F)c1-c1ccc(C(C)(C)C)c[n+]1C. The van der Waals surface area contributed by atoms with Crippen molar-refractivity contribution in [1.82, 2.24) is 0 Å². The van der Waals surface area contributed by atoms with E-state index in [4.69, 9.17) is 0 Å². The summed E-state index contributed by atoms with van der Waals surface area (Å²) in [4.78, 5) is 0. The molecule has 0 N–H and O–H groups in total. The van der Waals surface area contributed by atoms with Gasteiger partial charge in [-0.1, -0.05) is 20.8 Å². The van der Waals surface area contributed by atoms with Crippen molar-refractivity contribution in [2.24, 2.45) is 7.05 Å². The summed E-state index contributed by atoms with van der Waals surface area (Å²) < 4.78 is 29.1. The molecule has 1 aromatic carbocycles. The van der Waals surface area contributed by atoms with E-state index in [-0.39, 0.29) is 5.41 Å². The summed E-state index contributed by atoms with van der Waals surface area (Å²) in [6.07, 6.45) is 2.00. The van der Waals surface area contributed by atoms with Gasteiger partial charge in [0.2, 0.25) is 5.69 Å². The smallest absolute Gasteiger partial charge is 0.207 e. The molecule has 3 heteroatoms. The molecule has 0 fully saturated rings. The van der Waals surface area contributed by atoms with E-state index in [1.165, 1.54) is 11.6 Å². The fourth-order valence-electron chi connectivity index (χ4n) is 2.34. The van der Waals surface area contributed by atoms with Gasteiger partial charge in [0.25, 0.3) is 0 Å². The van der Waals surface area contributed by atoms with E-state index >= 15 is 0 Å². The van der Waals surface area contributed by atoms with E-state index in [1.54, 1.807) is 6.92 Å². The van der Waals surface area contributed by atoms with E-state index in [0.29, 0.717) is 11.1 Å². The van der Waals surface area contributed by atoms with Crippen LogP contribution in [-0.2, 0) is 12.5 Å². The Morgan fingerprint density at radius 2 is 1.70 bits per heavy atom. The number of aromatic nitrogens is 1. The van der Waals surface area contributed by atoms with E-state index in [1.807, 2.05) is 29.9 Å². The molecule has 0 aliphatic rings. The average Bonchev–Trinajstić information content (AvgIpc) is 2.28. The van der Waals surface area contributed by atoms with E-state index < -0.39 is 11.6 Å². The van der Waals surface area contributed by atoms with Crippen LogP contribution in [0.5, 0.6) is 0 Å². The van der Waals surface area contributed by atoms with Crippen LogP contribution < -0.4 is 4.57 Å². The molecule has 106 valence electrons. The molecule has 0 amide bonds. The van der Waals surface area contributed by atoms with Crippen LogP contribution in [0.3, 0.4) is 0 Å². The van der Waals surface area contributed by atoms with Crippen LogP contribution in [0.15, 0.2) is 30.5 Å². The van der Waals surface area contributed by atoms with Crippen molar-refractivity contribution in [2.45, 2.75) is 33.1 Å². The Kier molecular flexibility index (Phi) is 3.63. The summed E-state index contributed by atoms with van der Waals surface area (Å²) in [5.74, 6) is -1.07. The van der Waals surface area contributed by atoms with Gasteiger partial charge >= 0.3 is 0 Å². The van der Waals surface area contributed by atoms with Crippen LogP contribution in [-0.4, -0.2) is 0 Å². The Bertz CT molecular complexity index is 632. The number of nitrogens with zero attached hydrogens (tertiary/aromatic N) is 1. The zero-order valence-electron chi connectivity index (χ0n) is 12.6. The van der Waals surface area contributed by atoms with Crippen LogP contribution >= 0.6 is 0 Å². The van der Waals surface area contributed by atoms with Crippen molar-refractivity contribution in [3.63, 3.8) is 0 Å². The third kappa shape index (κ3) is 2.72. The fraction of sp³-hybridized carbons (Fsp3) is 0.353. The zero-order chi connectivity index (χ0) is 15.1. The minimum atomic E-state index is -0.544. The second-order valence-corrected chi connectivity index (χ2v) is 6.24. The van der Waals surface area contributed by atoms with Crippen LogP contribution in [0.1, 0.15) is 31.9 Å². The maximum absolute atomic E-state index is 14.1. The van der Waals surface area contributed by atoms with E-state index in [2.05, 4.69) is 20.8 Å². The van der Waals surface area contributed by atoms with Gasteiger partial charge in [0, 0.05) is 17.7 Å². The maximum atomic E-state index is 14.1. The molecule has 0 bridgehead atoms. The Balaban J connectivity index is 2.61. The van der Waals surface area contributed by atoms with Crippen molar-refractivity contribution in [1.29, 1.82) is 0 Å². The van der Waals surface area contributed by atoms with Gasteiger partial charge in [-0.25, -0.2) is 13.3 Å². The lowest BCUT2D eigenvalue weighted by Gasteiger charge is -2.17. The molecule has 0 radical (unpaired) electrons. The number of hydrogen-bond donors (Lipinski definition) is 0. The van der Waals surface area contributed by atoms with Gasteiger partial charge in [-0.2, -0.15) is 0 Å². The molecule has 20 heavy (non-hydrogen) atoms. The molecular formula is C17H20F2N+. The predicted octanol–water partition coefficient (Wildman–Crippen LogP) is 4.06. The monoisotopic (exact) mass is 276 g/mol. The molecule has 0 saturated carbocycles. The van der Waals surface area contributed by atoms with Crippen LogP contribution in [0, 0.1) is 18.6 Å². The third-order valence-electron chi connectivity index (χ3n) is 3.51. The number of pyridine rings is 1. The Hall–Kier alpha value is -1.77. The van der Waals surface area contributed by atoms with Crippen molar-refractivity contribution < 1.29 is 13.3 Å². The van der Waals surface area contributed by atoms with Crippen molar-refractivity contribution >= 4 is 0 Å². The fourth-order valence-corrected chi connectivity index (χ4v) is 2.34. The lowest BCUT2D eigenvalue weighted by atomic mass is 9.88. The van der Waals surface area contributed by atoms with Crippen molar-refractivity contribution in [3.05, 3.63) is 53.2 Å². The van der Waals surface area contributed by atoms with Gasteiger partial charge in [0.15, 0.2) is 6.20 Å². The quantitative estimate of drug-likeness (QED) is 0.691. The van der Waals surface area contributed by atoms with Gasteiger partial charge in [0.1, 0.15) is 18.7 Å². The highest BCUT2D eigenvalue weighted by molar-refractivity contribution is 5.61. The van der Waals surface area contributed by atoms with Crippen LogP contribution in [0.2, 0.25) is 0 Å². The lowest BCUT2D eigenvalue weighted by Crippen LogP contribution is -2.33. The Morgan fingerprint density at radius 3 is 2.20 bits per heavy atom. The number of aryl methyl sites for hydroxylation is 2. The lowest BCUT2D eigenvalue weighted by molar-refractivity contribution is -0.661. The summed E-state index contributed by atoms with van der Waals surface area (Å²) in [5.41, 5.74) is 3.00. The van der Waals surface area contributed by atoms with Crippen molar-refractivity contribution in [2.75, 3.05) is 0 Å². The molecule has 1 nitrogen and oxygen atoms in total. The Labute approximate surface area is 118 Å². The second kappa shape index (κ2) is 4.97. The first-order valence-corrected chi connectivity index (χ1v) is 6.66. The van der Waals surface area contributed by atoms with Crippen LogP contribution in [0.25, 0.3) is 11.3 Å². The highest BCUT2D eigenvalue weighted by atomic mass is 19.1. The highest BCUT2D eigenvalue weighted by Gasteiger charge is 2.22. The number of hydrogen-bond acceptors (Lipinski definition) is 0. The molecule has 2 rings (SSSR count). The van der Waals surface area contributed by atoms with E-state index in [9.17, 15) is 8.78 Å². The minimum Gasteiger partial charge on any atom is -0.207 e. The first-order valence-electron chi connectivity index (χ1n) is 6.66. The van der Waals surface area contributed by atoms with E-state index in [0.717, 1.165) is 11.8 Å². The van der Waals surface area contributed by atoms with Crippen molar-refractivity contribution in [3.8, 4) is 11.3 Å². The molecular weight excluding hydrogens is 256 g/mol. The first-order chi connectivity index (χ1) is 9.20. The largest absolute Gasteiger partial charge is 0.215 e. The first kappa shape index (κ1) is 14.6. The average molecular weight is 276 g/mol. The summed E-state index contributed by atoms with van der Waals surface area (Å²) in [7, 11) is 1.88. The molecule has 0 atom stereocenters. The molecule has 0 aliphatic heterocycles. The molecule has 1 aromatic heterocycles. The Morgan fingerprint density at radius 1 is 1.05 bits per heavy atom. The van der Waals surface area contributed by atoms with Gasteiger partial charge in [-0.3, -0.25) is 0 Å². The minimum absolute atomic E-state index is 0.0344. The second-order valence-electron chi connectivity index (χ2n) is 6.24. The normalized spacial score (nSPS) is 11.8. The van der Waals surface area contributed by atoms with Gasteiger partial charge in [-0.15, -0.1) is 0 Å². The summed E-state index contributed by atoms with van der Waals surface area (Å²) in [5, 5.41) is 0. The van der Waals surface area contributed by atoms with Gasteiger partial charge in [-0.05, 0) is 30.0 Å². The standard InChI is InChI=1S/C17H20F2N/c1-11-8-13(18)9-14(19)16(11)15-7-6-12(10-20(15)5)17(2,3)4/h6-10H,1-5H3/q+1. The topological polar surface area (TPSA) is 3.88 Å². The molecule has 1 heterocycles. The van der Waals surface area contributed by atoms with Gasteiger partial charge in [0.05, 0.1) is 5.56 Å². The van der Waals surface area contributed by atoms with Crippen LogP contribution in [0.4, 0.5) is 8.78 Å². The number of benzene rings is 1. The molecule has 0 unspecified atom stereocenters. The number of rotatable bonds is 1. The van der Waals surface area contributed by atoms with Gasteiger partial charge < -0.3 is 0 Å². The predicted molar refractivity (Wildman–Crippen MR) is 76.4 cm³/mol. The molecule has 0 saturated heterocycles. The summed E-state index contributed by atoms with van der Waals surface area (Å²) in [6.45, 7) is 8.11. The zero-order valence-corrected chi connectivity index (χ0v) is 12.6. The summed E-state index contributed by atoms with van der Waals surface area (Å²) >= 11 is 0. The molecule has 0 aliphatic carbocycles. The number of halogens is 2. The molecule has 0 spiro atoms. The summed E-state index contributed by atoms with van der Waals surface area (Å²) in [6, 6.07) is 6.18.